The van der Waals surface area contributed by atoms with Crippen LogP contribution in [0.4, 0.5) is 0 Å². The van der Waals surface area contributed by atoms with E-state index in [4.69, 9.17) is 0 Å². The molecule has 0 aromatic carbocycles. The Morgan fingerprint density at radius 2 is 1.80 bits per heavy atom. The molecule has 0 N–H and O–H groups in total. The number of rotatable bonds is 1. The van der Waals surface area contributed by atoms with E-state index < -0.39 is 0 Å². The van der Waals surface area contributed by atoms with Gasteiger partial charge in [-0.25, -0.2) is 0 Å². The standard InChI is InChI=1S/C11H19N3O/c1-10(2,3)8-9(15)14-6-4-11(5-7-14)12-13-11/h4-8H2,1-3H3. The van der Waals surface area contributed by atoms with Crippen LogP contribution in [-0.4, -0.2) is 29.6 Å². The fraction of sp³-hybridized carbons (Fsp3) is 0.909. The third-order valence-corrected chi connectivity index (χ3v) is 2.98. The number of nitrogens with zero attached hydrogens (tertiary/aromatic N) is 3. The molecule has 0 aliphatic carbocycles. The van der Waals surface area contributed by atoms with Crippen LogP contribution in [0.5, 0.6) is 0 Å². The summed E-state index contributed by atoms with van der Waals surface area (Å²) in [7, 11) is 0. The Morgan fingerprint density at radius 3 is 2.20 bits per heavy atom. The van der Waals surface area contributed by atoms with Crippen molar-refractivity contribution in [3.8, 4) is 0 Å². The average Bonchev–Trinajstić information content (AvgIpc) is 2.83. The minimum atomic E-state index is -0.0709. The Labute approximate surface area is 90.7 Å². The Bertz CT molecular complexity index is 287. The molecule has 2 aliphatic heterocycles. The SMILES string of the molecule is CC(C)(C)CC(=O)N1CCC2(CC1)N=N2. The zero-order chi connectivity index (χ0) is 11.1. The minimum Gasteiger partial charge on any atom is -0.342 e. The fourth-order valence-electron chi connectivity index (χ4n) is 1.95. The number of hydrogen-bond donors (Lipinski definition) is 0. The maximum Gasteiger partial charge on any atom is 0.223 e. The van der Waals surface area contributed by atoms with E-state index >= 15 is 0 Å². The molecule has 1 fully saturated rings. The lowest BCUT2D eigenvalue weighted by molar-refractivity contribution is -0.134. The maximum absolute atomic E-state index is 11.9. The van der Waals surface area contributed by atoms with Crippen LogP contribution in [-0.2, 0) is 4.79 Å². The molecule has 1 saturated heterocycles. The Morgan fingerprint density at radius 1 is 1.27 bits per heavy atom. The summed E-state index contributed by atoms with van der Waals surface area (Å²) in [5, 5.41) is 8.10. The fourth-order valence-corrected chi connectivity index (χ4v) is 1.95. The summed E-state index contributed by atoms with van der Waals surface area (Å²) in [6.45, 7) is 7.94. The van der Waals surface area contributed by atoms with Gasteiger partial charge in [0.15, 0.2) is 5.66 Å². The second kappa shape index (κ2) is 3.29. The molecular weight excluding hydrogens is 190 g/mol. The molecule has 0 aromatic heterocycles. The molecule has 4 nitrogen and oxygen atoms in total. The highest BCUT2D eigenvalue weighted by atomic mass is 16.2. The van der Waals surface area contributed by atoms with E-state index in [2.05, 4.69) is 31.0 Å². The smallest absolute Gasteiger partial charge is 0.223 e. The number of carbonyl (C=O) groups excluding carboxylic acids is 1. The molecule has 15 heavy (non-hydrogen) atoms. The summed E-state index contributed by atoms with van der Waals surface area (Å²) >= 11 is 0. The third kappa shape index (κ3) is 2.55. The molecule has 2 aliphatic rings. The van der Waals surface area contributed by atoms with Gasteiger partial charge in [-0.15, -0.1) is 0 Å². The van der Waals surface area contributed by atoms with Gasteiger partial charge < -0.3 is 4.90 Å². The largest absolute Gasteiger partial charge is 0.342 e. The molecule has 4 heteroatoms. The second-order valence-electron chi connectivity index (χ2n) is 5.80. The molecule has 0 aromatic rings. The molecule has 0 bridgehead atoms. The van der Waals surface area contributed by atoms with Gasteiger partial charge in [-0.1, -0.05) is 20.8 Å². The Kier molecular flexibility index (Phi) is 2.32. The molecule has 0 saturated carbocycles. The van der Waals surface area contributed by atoms with Crippen LogP contribution >= 0.6 is 0 Å². The molecule has 0 unspecified atom stereocenters. The highest BCUT2D eigenvalue weighted by molar-refractivity contribution is 5.77. The van der Waals surface area contributed by atoms with Crippen molar-refractivity contribution in [3.63, 3.8) is 0 Å². The average molecular weight is 209 g/mol. The van der Waals surface area contributed by atoms with Crippen molar-refractivity contribution in [1.82, 2.24) is 4.90 Å². The van der Waals surface area contributed by atoms with Gasteiger partial charge in [0, 0.05) is 32.4 Å². The van der Waals surface area contributed by atoms with E-state index in [1.54, 1.807) is 0 Å². The van der Waals surface area contributed by atoms with Gasteiger partial charge in [0.2, 0.25) is 5.91 Å². The first kappa shape index (κ1) is 10.6. The molecule has 1 spiro atoms. The summed E-state index contributed by atoms with van der Waals surface area (Å²) < 4.78 is 0. The van der Waals surface area contributed by atoms with Crippen LogP contribution in [0.2, 0.25) is 0 Å². The van der Waals surface area contributed by atoms with Crippen LogP contribution in [0.15, 0.2) is 10.2 Å². The van der Waals surface area contributed by atoms with Gasteiger partial charge in [-0.05, 0) is 5.41 Å². The molecule has 0 radical (unpaired) electrons. The summed E-state index contributed by atoms with van der Waals surface area (Å²) in [5.41, 5.74) is 0.0130. The summed E-state index contributed by atoms with van der Waals surface area (Å²) in [4.78, 5) is 13.9. The number of hydrogen-bond acceptors (Lipinski definition) is 3. The van der Waals surface area contributed by atoms with Gasteiger partial charge in [-0.2, -0.15) is 10.2 Å². The molecule has 2 heterocycles. The lowest BCUT2D eigenvalue weighted by Gasteiger charge is -2.31. The molecular formula is C11H19N3O. The van der Waals surface area contributed by atoms with Gasteiger partial charge >= 0.3 is 0 Å². The van der Waals surface area contributed by atoms with E-state index in [-0.39, 0.29) is 17.0 Å². The van der Waals surface area contributed by atoms with Crippen LogP contribution in [0, 0.1) is 5.41 Å². The summed E-state index contributed by atoms with van der Waals surface area (Å²) in [6, 6.07) is 0. The van der Waals surface area contributed by atoms with Crippen LogP contribution < -0.4 is 0 Å². The lowest BCUT2D eigenvalue weighted by Crippen LogP contribution is -2.42. The van der Waals surface area contributed by atoms with Crippen molar-refractivity contribution in [2.45, 2.75) is 45.7 Å². The Hall–Kier alpha value is -0.930. The first-order valence-electron chi connectivity index (χ1n) is 5.62. The lowest BCUT2D eigenvalue weighted by atomic mass is 9.91. The van der Waals surface area contributed by atoms with E-state index in [0.29, 0.717) is 6.42 Å². The number of amides is 1. The van der Waals surface area contributed by atoms with Gasteiger partial charge in [0.25, 0.3) is 0 Å². The highest BCUT2D eigenvalue weighted by Gasteiger charge is 2.43. The van der Waals surface area contributed by atoms with Crippen molar-refractivity contribution < 1.29 is 4.79 Å². The molecule has 84 valence electrons. The normalized spacial score (nSPS) is 23.3. The number of piperidine rings is 1. The van der Waals surface area contributed by atoms with Crippen molar-refractivity contribution in [2.24, 2.45) is 15.6 Å². The van der Waals surface area contributed by atoms with Crippen molar-refractivity contribution in [2.75, 3.05) is 13.1 Å². The predicted octanol–water partition coefficient (Wildman–Crippen LogP) is 2.21. The van der Waals surface area contributed by atoms with Crippen molar-refractivity contribution in [1.29, 1.82) is 0 Å². The third-order valence-electron chi connectivity index (χ3n) is 2.98. The zero-order valence-electron chi connectivity index (χ0n) is 9.79. The summed E-state index contributed by atoms with van der Waals surface area (Å²) in [5.74, 6) is 0.276. The van der Waals surface area contributed by atoms with E-state index in [1.165, 1.54) is 0 Å². The monoisotopic (exact) mass is 209 g/mol. The number of carbonyl (C=O) groups is 1. The van der Waals surface area contributed by atoms with Gasteiger partial charge in [0.05, 0.1) is 0 Å². The van der Waals surface area contributed by atoms with E-state index in [0.717, 1.165) is 25.9 Å². The van der Waals surface area contributed by atoms with E-state index in [1.807, 2.05) is 4.90 Å². The van der Waals surface area contributed by atoms with Gasteiger partial charge in [0.1, 0.15) is 0 Å². The van der Waals surface area contributed by atoms with Crippen molar-refractivity contribution >= 4 is 5.91 Å². The Balaban J connectivity index is 1.82. The molecule has 1 amide bonds. The minimum absolute atomic E-state index is 0.0709. The van der Waals surface area contributed by atoms with Gasteiger partial charge in [-0.3, -0.25) is 4.79 Å². The molecule has 2 rings (SSSR count). The quantitative estimate of drug-likeness (QED) is 0.653. The van der Waals surface area contributed by atoms with Crippen LogP contribution in [0.25, 0.3) is 0 Å². The first-order valence-corrected chi connectivity index (χ1v) is 5.62. The zero-order valence-corrected chi connectivity index (χ0v) is 9.79. The number of likely N-dealkylation sites (tertiary alicyclic amines) is 1. The van der Waals surface area contributed by atoms with Crippen molar-refractivity contribution in [3.05, 3.63) is 0 Å². The van der Waals surface area contributed by atoms with E-state index in [9.17, 15) is 4.79 Å². The summed E-state index contributed by atoms with van der Waals surface area (Å²) in [6.07, 6.45) is 2.47. The first-order chi connectivity index (χ1) is 6.90. The maximum atomic E-state index is 11.9. The van der Waals surface area contributed by atoms with Crippen LogP contribution in [0.1, 0.15) is 40.0 Å². The van der Waals surface area contributed by atoms with Crippen LogP contribution in [0.3, 0.4) is 0 Å². The highest BCUT2D eigenvalue weighted by Crippen LogP contribution is 2.38. The predicted molar refractivity (Wildman–Crippen MR) is 57.5 cm³/mol. The molecule has 0 atom stereocenters. The second-order valence-corrected chi connectivity index (χ2v) is 5.80. The topological polar surface area (TPSA) is 45.0 Å².